The molecule has 22 heavy (non-hydrogen) atoms. The van der Waals surface area contributed by atoms with Crippen LogP contribution in [0.2, 0.25) is 0 Å². The van der Waals surface area contributed by atoms with Crippen LogP contribution in [0.4, 0.5) is 4.39 Å². The average Bonchev–Trinajstić information content (AvgIpc) is 2.53. The number of fused-ring (bicyclic) bond motifs is 1. The van der Waals surface area contributed by atoms with Gasteiger partial charge >= 0.3 is 0 Å². The van der Waals surface area contributed by atoms with E-state index < -0.39 is 15.7 Å². The topological polar surface area (TPSA) is 51.2 Å². The third-order valence-electron chi connectivity index (χ3n) is 3.43. The van der Waals surface area contributed by atoms with Gasteiger partial charge in [-0.1, -0.05) is 30.3 Å². The van der Waals surface area contributed by atoms with Crippen molar-refractivity contribution >= 4 is 26.9 Å². The van der Waals surface area contributed by atoms with Crippen LogP contribution in [0.25, 0.3) is 10.8 Å². The molecule has 110 valence electrons. The summed E-state index contributed by atoms with van der Waals surface area (Å²) in [6.07, 6.45) is 0.725. The number of carbonyl (C=O) groups is 1. The first-order valence-electron chi connectivity index (χ1n) is 6.51. The van der Waals surface area contributed by atoms with Crippen molar-refractivity contribution < 1.29 is 17.6 Å². The first-order valence-corrected chi connectivity index (χ1v) is 7.99. The van der Waals surface area contributed by atoms with Crippen molar-refractivity contribution in [2.45, 2.75) is 9.79 Å². The summed E-state index contributed by atoms with van der Waals surface area (Å²) in [7, 11) is -3.80. The number of rotatable bonds is 3. The highest BCUT2D eigenvalue weighted by molar-refractivity contribution is 7.91. The first kappa shape index (κ1) is 14.4. The highest BCUT2D eigenvalue weighted by atomic mass is 32.2. The van der Waals surface area contributed by atoms with Crippen molar-refractivity contribution in [1.29, 1.82) is 0 Å². The molecule has 0 saturated carbocycles. The molecule has 0 amide bonds. The van der Waals surface area contributed by atoms with E-state index in [-0.39, 0.29) is 9.79 Å². The van der Waals surface area contributed by atoms with E-state index >= 15 is 0 Å². The fourth-order valence-corrected chi connectivity index (χ4v) is 3.65. The molecular formula is C17H11FO3S. The van der Waals surface area contributed by atoms with Gasteiger partial charge in [-0.2, -0.15) is 0 Å². The zero-order valence-electron chi connectivity index (χ0n) is 11.4. The summed E-state index contributed by atoms with van der Waals surface area (Å²) in [5, 5.41) is 1.32. The SMILES string of the molecule is O=Cc1cccc2cc(S(=O)(=O)c3cccc(F)c3)ccc12. The number of hydrogen-bond acceptors (Lipinski definition) is 3. The minimum atomic E-state index is -3.80. The van der Waals surface area contributed by atoms with Crippen molar-refractivity contribution in [2.24, 2.45) is 0 Å². The maximum atomic E-state index is 13.3. The van der Waals surface area contributed by atoms with Gasteiger partial charge in [0, 0.05) is 5.56 Å². The van der Waals surface area contributed by atoms with Crippen LogP contribution in [0.15, 0.2) is 70.5 Å². The van der Waals surface area contributed by atoms with Gasteiger partial charge in [0.05, 0.1) is 9.79 Å². The van der Waals surface area contributed by atoms with E-state index in [4.69, 9.17) is 0 Å². The smallest absolute Gasteiger partial charge is 0.206 e. The quantitative estimate of drug-likeness (QED) is 0.694. The van der Waals surface area contributed by atoms with Gasteiger partial charge in [-0.25, -0.2) is 12.8 Å². The molecule has 0 aromatic heterocycles. The van der Waals surface area contributed by atoms with Crippen LogP contribution < -0.4 is 0 Å². The molecule has 0 unspecified atom stereocenters. The summed E-state index contributed by atoms with van der Waals surface area (Å²) >= 11 is 0. The van der Waals surface area contributed by atoms with Crippen molar-refractivity contribution in [3.63, 3.8) is 0 Å². The Morgan fingerprint density at radius 2 is 1.59 bits per heavy atom. The largest absolute Gasteiger partial charge is 0.298 e. The number of aldehydes is 1. The molecule has 0 aliphatic carbocycles. The van der Waals surface area contributed by atoms with Gasteiger partial charge in [-0.3, -0.25) is 4.79 Å². The summed E-state index contributed by atoms with van der Waals surface area (Å²) in [4.78, 5) is 11.0. The van der Waals surface area contributed by atoms with E-state index in [2.05, 4.69) is 0 Å². The molecule has 0 N–H and O–H groups in total. The lowest BCUT2D eigenvalue weighted by molar-refractivity contribution is 0.112. The van der Waals surface area contributed by atoms with E-state index in [1.807, 2.05) is 0 Å². The molecule has 0 atom stereocenters. The molecule has 3 aromatic carbocycles. The van der Waals surface area contributed by atoms with Gasteiger partial charge in [0.1, 0.15) is 5.82 Å². The summed E-state index contributed by atoms with van der Waals surface area (Å²) in [6.45, 7) is 0. The normalized spacial score (nSPS) is 11.5. The molecule has 0 spiro atoms. The molecule has 0 radical (unpaired) electrons. The summed E-state index contributed by atoms with van der Waals surface area (Å²) in [5.74, 6) is -0.606. The fraction of sp³-hybridized carbons (Fsp3) is 0. The second kappa shape index (κ2) is 5.35. The summed E-state index contributed by atoms with van der Waals surface area (Å²) in [5.41, 5.74) is 0.493. The maximum Gasteiger partial charge on any atom is 0.206 e. The Balaban J connectivity index is 2.20. The van der Waals surface area contributed by atoms with Gasteiger partial charge in [0.2, 0.25) is 9.84 Å². The van der Waals surface area contributed by atoms with Crippen LogP contribution >= 0.6 is 0 Å². The molecule has 0 heterocycles. The molecule has 0 aliphatic heterocycles. The lowest BCUT2D eigenvalue weighted by Gasteiger charge is -2.07. The highest BCUT2D eigenvalue weighted by Gasteiger charge is 2.18. The molecular weight excluding hydrogens is 303 g/mol. The fourth-order valence-electron chi connectivity index (χ4n) is 2.33. The zero-order chi connectivity index (χ0) is 15.7. The summed E-state index contributed by atoms with van der Waals surface area (Å²) < 4.78 is 38.4. The molecule has 3 rings (SSSR count). The lowest BCUT2D eigenvalue weighted by atomic mass is 10.1. The third kappa shape index (κ3) is 2.40. The Morgan fingerprint density at radius 3 is 2.32 bits per heavy atom. The van der Waals surface area contributed by atoms with Crippen molar-refractivity contribution in [2.75, 3.05) is 0 Å². The number of carbonyl (C=O) groups excluding carboxylic acids is 1. The van der Waals surface area contributed by atoms with Crippen molar-refractivity contribution in [3.05, 3.63) is 72.0 Å². The monoisotopic (exact) mass is 314 g/mol. The predicted molar refractivity (Wildman–Crippen MR) is 81.2 cm³/mol. The molecule has 0 saturated heterocycles. The molecule has 3 nitrogen and oxygen atoms in total. The van der Waals surface area contributed by atoms with Crippen LogP contribution in [0, 0.1) is 5.82 Å². The van der Waals surface area contributed by atoms with E-state index in [9.17, 15) is 17.6 Å². The Labute approximate surface area is 126 Å². The molecule has 0 fully saturated rings. The maximum absolute atomic E-state index is 13.3. The van der Waals surface area contributed by atoms with Crippen molar-refractivity contribution in [1.82, 2.24) is 0 Å². The lowest BCUT2D eigenvalue weighted by Crippen LogP contribution is -2.02. The first-order chi connectivity index (χ1) is 10.5. The number of hydrogen-bond donors (Lipinski definition) is 0. The second-order valence-corrected chi connectivity index (χ2v) is 6.76. The average molecular weight is 314 g/mol. The Kier molecular flexibility index (Phi) is 3.50. The number of halogens is 1. The van der Waals surface area contributed by atoms with Crippen LogP contribution in [0.5, 0.6) is 0 Å². The Bertz CT molecular complexity index is 978. The highest BCUT2D eigenvalue weighted by Crippen LogP contribution is 2.26. The third-order valence-corrected chi connectivity index (χ3v) is 5.18. The Hall–Kier alpha value is -2.53. The Morgan fingerprint density at radius 1 is 0.864 bits per heavy atom. The molecule has 0 aliphatic rings. The minimum absolute atomic E-state index is 0.0636. The predicted octanol–water partition coefficient (Wildman–Crippen LogP) is 3.62. The van der Waals surface area contributed by atoms with Crippen LogP contribution in [0.3, 0.4) is 0 Å². The van der Waals surface area contributed by atoms with E-state index in [0.717, 1.165) is 12.4 Å². The minimum Gasteiger partial charge on any atom is -0.298 e. The van der Waals surface area contributed by atoms with Gasteiger partial charge in [0.25, 0.3) is 0 Å². The van der Waals surface area contributed by atoms with E-state index in [0.29, 0.717) is 16.3 Å². The molecule has 0 bridgehead atoms. The molecule has 5 heteroatoms. The van der Waals surface area contributed by atoms with Crippen LogP contribution in [0.1, 0.15) is 10.4 Å². The molecule has 3 aromatic rings. The van der Waals surface area contributed by atoms with Gasteiger partial charge < -0.3 is 0 Å². The number of sulfone groups is 1. The number of benzene rings is 3. The van der Waals surface area contributed by atoms with E-state index in [1.54, 1.807) is 24.3 Å². The van der Waals surface area contributed by atoms with Crippen LogP contribution in [-0.4, -0.2) is 14.7 Å². The van der Waals surface area contributed by atoms with Gasteiger partial charge in [0.15, 0.2) is 6.29 Å². The van der Waals surface area contributed by atoms with Crippen LogP contribution in [-0.2, 0) is 9.84 Å². The van der Waals surface area contributed by atoms with E-state index in [1.165, 1.54) is 30.3 Å². The van der Waals surface area contributed by atoms with Gasteiger partial charge in [-0.15, -0.1) is 0 Å². The van der Waals surface area contributed by atoms with Gasteiger partial charge in [-0.05, 0) is 41.1 Å². The second-order valence-electron chi connectivity index (χ2n) is 4.81. The zero-order valence-corrected chi connectivity index (χ0v) is 12.2. The standard InChI is InChI=1S/C17H11FO3S/c18-14-5-2-6-15(10-14)22(20,21)16-7-8-17-12(9-16)3-1-4-13(17)11-19/h1-11H. The van der Waals surface area contributed by atoms with Crippen molar-refractivity contribution in [3.8, 4) is 0 Å². The summed E-state index contributed by atoms with van der Waals surface area (Å²) in [6, 6.07) is 14.5.